The van der Waals surface area contributed by atoms with Crippen molar-refractivity contribution in [2.45, 2.75) is 4.21 Å². The molecule has 0 atom stereocenters. The molecule has 7 heteroatoms. The Morgan fingerprint density at radius 3 is 2.82 bits per heavy atom. The van der Waals surface area contributed by atoms with Crippen LogP contribution in [0.4, 0.5) is 5.69 Å². The Morgan fingerprint density at radius 1 is 1.47 bits per heavy atom. The summed E-state index contributed by atoms with van der Waals surface area (Å²) in [5.74, 6) is 0. The summed E-state index contributed by atoms with van der Waals surface area (Å²) in [5, 5.41) is 10.4. The van der Waals surface area contributed by atoms with Crippen molar-refractivity contribution in [3.8, 4) is 6.07 Å². The molecular formula is C10H9N3O2S2. The summed E-state index contributed by atoms with van der Waals surface area (Å²) in [6.07, 6.45) is 3.22. The van der Waals surface area contributed by atoms with Crippen molar-refractivity contribution >= 4 is 27.0 Å². The molecule has 2 aromatic rings. The van der Waals surface area contributed by atoms with Gasteiger partial charge in [0.1, 0.15) is 6.07 Å². The number of nitrogens with one attached hydrogen (secondary N) is 1. The normalized spacial score (nSPS) is 11.1. The van der Waals surface area contributed by atoms with Crippen LogP contribution < -0.4 is 4.31 Å². The van der Waals surface area contributed by atoms with Gasteiger partial charge in [-0.1, -0.05) is 0 Å². The Morgan fingerprint density at radius 2 is 2.24 bits per heavy atom. The first-order valence-electron chi connectivity index (χ1n) is 4.66. The highest BCUT2D eigenvalue weighted by molar-refractivity contribution is 7.94. The van der Waals surface area contributed by atoms with E-state index in [0.717, 1.165) is 15.6 Å². The standard InChI is InChI=1S/C10H9N3O2S2/c1-13(9-2-4-12-7-9)17(14,15)10-8(6-11)3-5-16-10/h2-5,7,12H,1H3. The fraction of sp³-hybridized carbons (Fsp3) is 0.100. The number of rotatable bonds is 3. The predicted octanol–water partition coefficient (Wildman–Crippen LogP) is 1.77. The molecular weight excluding hydrogens is 258 g/mol. The van der Waals surface area contributed by atoms with Gasteiger partial charge in [-0.25, -0.2) is 8.42 Å². The molecule has 0 aliphatic carbocycles. The Bertz CT molecular complexity index is 650. The Hall–Kier alpha value is -1.78. The van der Waals surface area contributed by atoms with E-state index in [4.69, 9.17) is 5.26 Å². The van der Waals surface area contributed by atoms with Gasteiger partial charge in [0.25, 0.3) is 10.0 Å². The molecule has 0 fully saturated rings. The molecule has 2 heterocycles. The van der Waals surface area contributed by atoms with Gasteiger partial charge in [-0.15, -0.1) is 11.3 Å². The first kappa shape index (κ1) is 11.7. The van der Waals surface area contributed by atoms with Gasteiger partial charge in [0.2, 0.25) is 0 Å². The van der Waals surface area contributed by atoms with Gasteiger partial charge in [-0.2, -0.15) is 5.26 Å². The van der Waals surface area contributed by atoms with E-state index in [2.05, 4.69) is 4.98 Å². The Balaban J connectivity index is 2.48. The van der Waals surface area contributed by atoms with E-state index in [-0.39, 0.29) is 9.77 Å². The number of H-pyrrole nitrogens is 1. The average molecular weight is 267 g/mol. The minimum absolute atomic E-state index is 0.0729. The molecule has 0 saturated heterocycles. The monoisotopic (exact) mass is 267 g/mol. The zero-order chi connectivity index (χ0) is 12.5. The molecule has 88 valence electrons. The van der Waals surface area contributed by atoms with Crippen LogP contribution in [0.2, 0.25) is 0 Å². The van der Waals surface area contributed by atoms with E-state index >= 15 is 0 Å². The SMILES string of the molecule is CN(c1cc[nH]c1)S(=O)(=O)c1sccc1C#N. The highest BCUT2D eigenvalue weighted by Gasteiger charge is 2.26. The number of sulfonamides is 1. The minimum atomic E-state index is -3.65. The predicted molar refractivity (Wildman–Crippen MR) is 65.4 cm³/mol. The van der Waals surface area contributed by atoms with Crippen molar-refractivity contribution in [3.63, 3.8) is 0 Å². The lowest BCUT2D eigenvalue weighted by Gasteiger charge is -2.16. The second-order valence-electron chi connectivity index (χ2n) is 3.28. The van der Waals surface area contributed by atoms with E-state index in [1.165, 1.54) is 13.1 Å². The fourth-order valence-corrected chi connectivity index (χ4v) is 3.94. The van der Waals surface area contributed by atoms with Crippen molar-refractivity contribution in [1.82, 2.24) is 4.98 Å². The topological polar surface area (TPSA) is 77.0 Å². The third kappa shape index (κ3) is 1.92. The van der Waals surface area contributed by atoms with Crippen LogP contribution in [0.25, 0.3) is 0 Å². The van der Waals surface area contributed by atoms with E-state index in [1.807, 2.05) is 6.07 Å². The second kappa shape index (κ2) is 4.24. The average Bonchev–Trinajstić information content (AvgIpc) is 2.98. The lowest BCUT2D eigenvalue weighted by Crippen LogP contribution is -2.25. The van der Waals surface area contributed by atoms with E-state index in [0.29, 0.717) is 5.69 Å². The third-order valence-corrected chi connectivity index (χ3v) is 5.54. The molecule has 0 aliphatic heterocycles. The van der Waals surface area contributed by atoms with Gasteiger partial charge in [-0.3, -0.25) is 4.31 Å². The molecule has 0 aromatic carbocycles. The highest BCUT2D eigenvalue weighted by atomic mass is 32.2. The lowest BCUT2D eigenvalue weighted by molar-refractivity contribution is 0.596. The number of hydrogen-bond donors (Lipinski definition) is 1. The molecule has 0 bridgehead atoms. The van der Waals surface area contributed by atoms with Crippen LogP contribution >= 0.6 is 11.3 Å². The summed E-state index contributed by atoms with van der Waals surface area (Å²) in [5.41, 5.74) is 0.708. The summed E-state index contributed by atoms with van der Waals surface area (Å²) in [4.78, 5) is 2.79. The summed E-state index contributed by atoms with van der Waals surface area (Å²) >= 11 is 1.04. The molecule has 0 aliphatic rings. The van der Waals surface area contributed by atoms with E-state index in [9.17, 15) is 8.42 Å². The van der Waals surface area contributed by atoms with Crippen LogP contribution in [-0.4, -0.2) is 20.4 Å². The molecule has 17 heavy (non-hydrogen) atoms. The van der Waals surface area contributed by atoms with Crippen LogP contribution in [0.5, 0.6) is 0 Å². The second-order valence-corrected chi connectivity index (χ2v) is 6.36. The molecule has 0 spiro atoms. The third-order valence-electron chi connectivity index (χ3n) is 2.29. The van der Waals surface area contributed by atoms with Crippen LogP contribution in [0.15, 0.2) is 34.1 Å². The molecule has 5 nitrogen and oxygen atoms in total. The summed E-state index contributed by atoms with van der Waals surface area (Å²) in [7, 11) is -2.19. The summed E-state index contributed by atoms with van der Waals surface area (Å²) in [6.45, 7) is 0. The van der Waals surface area contributed by atoms with Crippen molar-refractivity contribution < 1.29 is 8.42 Å². The van der Waals surface area contributed by atoms with E-state index in [1.54, 1.807) is 23.8 Å². The first-order valence-corrected chi connectivity index (χ1v) is 6.98. The van der Waals surface area contributed by atoms with Crippen molar-refractivity contribution in [2.75, 3.05) is 11.4 Å². The van der Waals surface area contributed by atoms with Crippen molar-refractivity contribution in [3.05, 3.63) is 35.5 Å². The zero-order valence-electron chi connectivity index (χ0n) is 8.91. The number of nitrogens with zero attached hydrogens (tertiary/aromatic N) is 2. The maximum atomic E-state index is 12.2. The van der Waals surface area contributed by atoms with Gasteiger partial charge >= 0.3 is 0 Å². The van der Waals surface area contributed by atoms with Gasteiger partial charge in [0.15, 0.2) is 4.21 Å². The van der Waals surface area contributed by atoms with Crippen LogP contribution in [-0.2, 0) is 10.0 Å². The number of hydrogen-bond acceptors (Lipinski definition) is 4. The number of nitriles is 1. The maximum absolute atomic E-state index is 12.2. The molecule has 0 unspecified atom stereocenters. The maximum Gasteiger partial charge on any atom is 0.274 e. The highest BCUT2D eigenvalue weighted by Crippen LogP contribution is 2.27. The number of thiophene rings is 1. The first-order chi connectivity index (χ1) is 8.07. The molecule has 0 radical (unpaired) electrons. The van der Waals surface area contributed by atoms with Gasteiger partial charge in [0.05, 0.1) is 11.3 Å². The van der Waals surface area contributed by atoms with Gasteiger partial charge in [-0.05, 0) is 17.5 Å². The van der Waals surface area contributed by atoms with E-state index < -0.39 is 10.0 Å². The van der Waals surface area contributed by atoms with Gasteiger partial charge < -0.3 is 4.98 Å². The zero-order valence-corrected chi connectivity index (χ0v) is 10.5. The lowest BCUT2D eigenvalue weighted by atomic mass is 10.4. The molecule has 1 N–H and O–H groups in total. The van der Waals surface area contributed by atoms with Crippen molar-refractivity contribution in [1.29, 1.82) is 5.26 Å². The van der Waals surface area contributed by atoms with Crippen molar-refractivity contribution in [2.24, 2.45) is 0 Å². The quantitative estimate of drug-likeness (QED) is 0.920. The number of aromatic amines is 1. The summed E-state index contributed by atoms with van der Waals surface area (Å²) < 4.78 is 25.7. The summed E-state index contributed by atoms with van der Waals surface area (Å²) in [6, 6.07) is 5.03. The Kier molecular flexibility index (Phi) is 2.92. The van der Waals surface area contributed by atoms with Crippen LogP contribution in [0, 0.1) is 11.3 Å². The van der Waals surface area contributed by atoms with Gasteiger partial charge in [0, 0.05) is 19.4 Å². The minimum Gasteiger partial charge on any atom is -0.366 e. The van der Waals surface area contributed by atoms with Crippen LogP contribution in [0.3, 0.4) is 0 Å². The smallest absolute Gasteiger partial charge is 0.274 e. The number of anilines is 1. The fourth-order valence-electron chi connectivity index (χ4n) is 1.35. The molecule has 0 saturated carbocycles. The molecule has 0 amide bonds. The Labute approximate surface area is 103 Å². The number of aromatic nitrogens is 1. The van der Waals surface area contributed by atoms with Crippen LogP contribution in [0.1, 0.15) is 5.56 Å². The molecule has 2 aromatic heterocycles. The largest absolute Gasteiger partial charge is 0.366 e. The molecule has 2 rings (SSSR count).